The molecule has 0 N–H and O–H groups in total. The molecule has 0 aliphatic carbocycles. The second-order valence-electron chi connectivity index (χ2n) is 6.45. The monoisotopic (exact) mass is 310 g/mol. The summed E-state index contributed by atoms with van der Waals surface area (Å²) in [5, 5.41) is 0. The number of carbonyl (C=O) groups excluding carboxylic acids is 2. The SMILES string of the molecule is CC(C)(C)OC(=O)CCC(=O)c1ccc(-c2ccccc2)cc1. The third kappa shape index (κ3) is 5.37. The van der Waals surface area contributed by atoms with E-state index in [1.165, 1.54) is 0 Å². The molecule has 0 bridgehead atoms. The summed E-state index contributed by atoms with van der Waals surface area (Å²) < 4.78 is 5.21. The van der Waals surface area contributed by atoms with Crippen LogP contribution in [0.4, 0.5) is 0 Å². The Morgan fingerprint density at radius 1 is 0.826 bits per heavy atom. The average molecular weight is 310 g/mol. The first-order valence-corrected chi connectivity index (χ1v) is 7.76. The number of hydrogen-bond donors (Lipinski definition) is 0. The van der Waals surface area contributed by atoms with Crippen molar-refractivity contribution in [1.29, 1.82) is 0 Å². The van der Waals surface area contributed by atoms with Crippen LogP contribution in [0.15, 0.2) is 54.6 Å². The van der Waals surface area contributed by atoms with E-state index in [2.05, 4.69) is 0 Å². The van der Waals surface area contributed by atoms with E-state index in [-0.39, 0.29) is 24.6 Å². The maximum Gasteiger partial charge on any atom is 0.306 e. The van der Waals surface area contributed by atoms with E-state index >= 15 is 0 Å². The van der Waals surface area contributed by atoms with Gasteiger partial charge in [-0.2, -0.15) is 0 Å². The van der Waals surface area contributed by atoms with Gasteiger partial charge in [-0.05, 0) is 31.9 Å². The normalized spacial score (nSPS) is 11.1. The van der Waals surface area contributed by atoms with Gasteiger partial charge in [0.15, 0.2) is 5.78 Å². The van der Waals surface area contributed by atoms with Crippen molar-refractivity contribution in [2.24, 2.45) is 0 Å². The molecule has 0 unspecified atom stereocenters. The molecule has 0 saturated carbocycles. The van der Waals surface area contributed by atoms with Gasteiger partial charge in [0.05, 0.1) is 6.42 Å². The van der Waals surface area contributed by atoms with Crippen LogP contribution >= 0.6 is 0 Å². The number of rotatable bonds is 5. The van der Waals surface area contributed by atoms with Crippen LogP contribution in [0, 0.1) is 0 Å². The quantitative estimate of drug-likeness (QED) is 0.596. The first-order chi connectivity index (χ1) is 10.8. The van der Waals surface area contributed by atoms with Gasteiger partial charge in [-0.25, -0.2) is 0 Å². The minimum Gasteiger partial charge on any atom is -0.460 e. The van der Waals surface area contributed by atoms with E-state index in [0.29, 0.717) is 5.56 Å². The fraction of sp³-hybridized carbons (Fsp3) is 0.300. The van der Waals surface area contributed by atoms with Gasteiger partial charge in [0.2, 0.25) is 0 Å². The Morgan fingerprint density at radius 3 is 1.96 bits per heavy atom. The number of Topliss-reactive ketones (excluding diaryl/α,β-unsaturated/α-hetero) is 1. The molecule has 0 spiro atoms. The maximum atomic E-state index is 12.2. The predicted octanol–water partition coefficient (Wildman–Crippen LogP) is 4.66. The summed E-state index contributed by atoms with van der Waals surface area (Å²) in [7, 11) is 0. The van der Waals surface area contributed by atoms with Crippen LogP contribution in [0.1, 0.15) is 44.0 Å². The van der Waals surface area contributed by atoms with Gasteiger partial charge >= 0.3 is 5.97 Å². The standard InChI is InChI=1S/C20H22O3/c1-20(2,3)23-19(22)14-13-18(21)17-11-9-16(10-12-17)15-7-5-4-6-8-15/h4-12H,13-14H2,1-3H3. The van der Waals surface area contributed by atoms with E-state index in [4.69, 9.17) is 4.74 Å². The molecule has 0 atom stereocenters. The minimum absolute atomic E-state index is 0.0459. The summed E-state index contributed by atoms with van der Waals surface area (Å²) in [4.78, 5) is 23.8. The lowest BCUT2D eigenvalue weighted by atomic mass is 10.0. The Bertz CT molecular complexity index is 664. The molecule has 3 nitrogen and oxygen atoms in total. The van der Waals surface area contributed by atoms with Gasteiger partial charge in [0.25, 0.3) is 0 Å². The molecule has 2 aromatic rings. The van der Waals surface area contributed by atoms with Gasteiger partial charge in [0.1, 0.15) is 5.60 Å². The summed E-state index contributed by atoms with van der Waals surface area (Å²) in [6, 6.07) is 17.5. The van der Waals surface area contributed by atoms with Crippen molar-refractivity contribution in [1.82, 2.24) is 0 Å². The molecule has 120 valence electrons. The van der Waals surface area contributed by atoms with Crippen molar-refractivity contribution >= 4 is 11.8 Å². The predicted molar refractivity (Wildman–Crippen MR) is 91.3 cm³/mol. The molecule has 0 amide bonds. The van der Waals surface area contributed by atoms with Crippen LogP contribution in [0.5, 0.6) is 0 Å². The fourth-order valence-electron chi connectivity index (χ4n) is 2.23. The molecule has 0 aliphatic rings. The highest BCUT2D eigenvalue weighted by Crippen LogP contribution is 2.20. The highest BCUT2D eigenvalue weighted by atomic mass is 16.6. The highest BCUT2D eigenvalue weighted by molar-refractivity contribution is 5.97. The summed E-state index contributed by atoms with van der Waals surface area (Å²) in [5.74, 6) is -0.387. The summed E-state index contributed by atoms with van der Waals surface area (Å²) >= 11 is 0. The van der Waals surface area contributed by atoms with Crippen LogP contribution in [0.2, 0.25) is 0 Å². The fourth-order valence-corrected chi connectivity index (χ4v) is 2.23. The van der Waals surface area contributed by atoms with Crippen LogP contribution in [0.25, 0.3) is 11.1 Å². The van der Waals surface area contributed by atoms with Gasteiger partial charge in [-0.3, -0.25) is 9.59 Å². The third-order valence-electron chi connectivity index (χ3n) is 3.29. The Hall–Kier alpha value is -2.42. The van der Waals surface area contributed by atoms with Crippen molar-refractivity contribution in [3.63, 3.8) is 0 Å². The lowest BCUT2D eigenvalue weighted by Gasteiger charge is -2.19. The van der Waals surface area contributed by atoms with Crippen molar-refractivity contribution in [2.45, 2.75) is 39.2 Å². The second-order valence-corrected chi connectivity index (χ2v) is 6.45. The minimum atomic E-state index is -0.516. The lowest BCUT2D eigenvalue weighted by molar-refractivity contribution is -0.154. The second kappa shape index (κ2) is 7.23. The summed E-state index contributed by atoms with van der Waals surface area (Å²) in [6.45, 7) is 5.44. The number of esters is 1. The smallest absolute Gasteiger partial charge is 0.306 e. The maximum absolute atomic E-state index is 12.2. The van der Waals surface area contributed by atoms with Gasteiger partial charge in [-0.15, -0.1) is 0 Å². The number of carbonyl (C=O) groups is 2. The Kier molecular flexibility index (Phi) is 5.32. The molecular weight excluding hydrogens is 288 g/mol. The topological polar surface area (TPSA) is 43.4 Å². The molecule has 2 rings (SSSR count). The highest BCUT2D eigenvalue weighted by Gasteiger charge is 2.17. The lowest BCUT2D eigenvalue weighted by Crippen LogP contribution is -2.24. The Morgan fingerprint density at radius 2 is 1.39 bits per heavy atom. The van der Waals surface area contributed by atoms with Gasteiger partial charge < -0.3 is 4.74 Å². The molecule has 0 heterocycles. The number of benzene rings is 2. The summed E-state index contributed by atoms with van der Waals surface area (Å²) in [6.07, 6.45) is 0.274. The van der Waals surface area contributed by atoms with Crippen molar-refractivity contribution in [3.05, 3.63) is 60.2 Å². The molecule has 0 radical (unpaired) electrons. The zero-order chi connectivity index (χ0) is 16.9. The van der Waals surface area contributed by atoms with Crippen LogP contribution < -0.4 is 0 Å². The first-order valence-electron chi connectivity index (χ1n) is 7.76. The molecule has 23 heavy (non-hydrogen) atoms. The molecule has 0 aromatic heterocycles. The van der Waals surface area contributed by atoms with E-state index in [0.717, 1.165) is 11.1 Å². The van der Waals surface area contributed by atoms with E-state index < -0.39 is 5.60 Å². The van der Waals surface area contributed by atoms with Crippen LogP contribution in [0.3, 0.4) is 0 Å². The van der Waals surface area contributed by atoms with Crippen LogP contribution in [-0.2, 0) is 9.53 Å². The molecule has 0 saturated heterocycles. The van der Waals surface area contributed by atoms with E-state index in [9.17, 15) is 9.59 Å². The Balaban J connectivity index is 1.94. The summed E-state index contributed by atoms with van der Waals surface area (Å²) in [5.41, 5.74) is 2.28. The van der Waals surface area contributed by atoms with E-state index in [1.54, 1.807) is 12.1 Å². The zero-order valence-electron chi connectivity index (χ0n) is 13.8. The first kappa shape index (κ1) is 16.9. The largest absolute Gasteiger partial charge is 0.460 e. The van der Waals surface area contributed by atoms with Crippen molar-refractivity contribution < 1.29 is 14.3 Å². The third-order valence-corrected chi connectivity index (χ3v) is 3.29. The number of ketones is 1. The van der Waals surface area contributed by atoms with Crippen LogP contribution in [-0.4, -0.2) is 17.4 Å². The van der Waals surface area contributed by atoms with E-state index in [1.807, 2.05) is 63.2 Å². The Labute approximate surface area is 137 Å². The number of hydrogen-bond acceptors (Lipinski definition) is 3. The molecule has 0 fully saturated rings. The molecule has 2 aromatic carbocycles. The van der Waals surface area contributed by atoms with Gasteiger partial charge in [0, 0.05) is 12.0 Å². The number of ether oxygens (including phenoxy) is 1. The average Bonchev–Trinajstić information content (AvgIpc) is 2.52. The van der Waals surface area contributed by atoms with Gasteiger partial charge in [-0.1, -0.05) is 54.6 Å². The molecule has 0 aliphatic heterocycles. The molecule has 3 heteroatoms. The molecular formula is C20H22O3. The van der Waals surface area contributed by atoms with Crippen molar-refractivity contribution in [3.8, 4) is 11.1 Å². The van der Waals surface area contributed by atoms with Crippen molar-refractivity contribution in [2.75, 3.05) is 0 Å². The zero-order valence-corrected chi connectivity index (χ0v) is 13.8.